The molecular weight excluding hydrogens is 412 g/mol. The summed E-state index contributed by atoms with van der Waals surface area (Å²) in [7, 11) is 0. The molecule has 1 fully saturated rings. The molecule has 0 radical (unpaired) electrons. The highest BCUT2D eigenvalue weighted by Crippen LogP contribution is 2.40. The van der Waals surface area contributed by atoms with Crippen molar-refractivity contribution < 1.29 is 14.2 Å². The van der Waals surface area contributed by atoms with Crippen LogP contribution in [0.5, 0.6) is 11.5 Å². The van der Waals surface area contributed by atoms with E-state index in [1.165, 1.54) is 22.2 Å². The average molecular weight is 439 g/mol. The summed E-state index contributed by atoms with van der Waals surface area (Å²) in [6.45, 7) is 5.34. The van der Waals surface area contributed by atoms with Gasteiger partial charge in [-0.15, -0.1) is 11.3 Å². The molecule has 4 heterocycles. The predicted octanol–water partition coefficient (Wildman–Crippen LogP) is 3.26. The van der Waals surface area contributed by atoms with Gasteiger partial charge < -0.3 is 19.5 Å². The fraction of sp³-hybridized carbons (Fsp3) is 0.478. The van der Waals surface area contributed by atoms with Gasteiger partial charge in [-0.3, -0.25) is 4.90 Å². The number of nitrogens with zero attached hydrogens (tertiary/aromatic N) is 3. The predicted molar refractivity (Wildman–Crippen MR) is 120 cm³/mol. The summed E-state index contributed by atoms with van der Waals surface area (Å²) in [6.07, 6.45) is 3.44. The largest absolute Gasteiger partial charge is 0.486 e. The Morgan fingerprint density at radius 1 is 1.10 bits per heavy atom. The highest BCUT2D eigenvalue weighted by atomic mass is 32.1. The summed E-state index contributed by atoms with van der Waals surface area (Å²) < 4.78 is 17.5. The van der Waals surface area contributed by atoms with Crippen molar-refractivity contribution in [3.8, 4) is 11.5 Å². The molecule has 2 aliphatic heterocycles. The summed E-state index contributed by atoms with van der Waals surface area (Å²) >= 11 is 1.84. The van der Waals surface area contributed by atoms with Gasteiger partial charge in [0.15, 0.2) is 11.5 Å². The number of morpholine rings is 1. The Morgan fingerprint density at radius 2 is 1.97 bits per heavy atom. The van der Waals surface area contributed by atoms with Crippen LogP contribution in [0.3, 0.4) is 0 Å². The van der Waals surface area contributed by atoms with Crippen molar-refractivity contribution in [3.63, 3.8) is 0 Å². The second-order valence-electron chi connectivity index (χ2n) is 8.29. The van der Waals surface area contributed by atoms with Crippen molar-refractivity contribution in [3.05, 3.63) is 40.5 Å². The third-order valence-corrected chi connectivity index (χ3v) is 7.33. The van der Waals surface area contributed by atoms with Crippen molar-refractivity contribution in [1.29, 1.82) is 0 Å². The Hall–Kier alpha value is -2.42. The Labute approximate surface area is 185 Å². The zero-order valence-corrected chi connectivity index (χ0v) is 18.2. The van der Waals surface area contributed by atoms with Gasteiger partial charge in [-0.05, 0) is 37.0 Å². The molecule has 3 aliphatic rings. The molecule has 1 aliphatic carbocycles. The molecule has 0 unspecified atom stereocenters. The molecule has 1 atom stereocenters. The van der Waals surface area contributed by atoms with Gasteiger partial charge in [0.2, 0.25) is 0 Å². The summed E-state index contributed by atoms with van der Waals surface area (Å²) in [5.41, 5.74) is 1.44. The van der Waals surface area contributed by atoms with Gasteiger partial charge in [-0.25, -0.2) is 9.97 Å². The van der Waals surface area contributed by atoms with Crippen molar-refractivity contribution in [2.75, 3.05) is 44.8 Å². The summed E-state index contributed by atoms with van der Waals surface area (Å²) in [5, 5.41) is 4.80. The van der Waals surface area contributed by atoms with Crippen molar-refractivity contribution >= 4 is 27.4 Å². The highest BCUT2D eigenvalue weighted by molar-refractivity contribution is 7.19. The SMILES string of the molecule is c1ccc2c(c1)OC[C@H](CNc1nc(CN3CCOCC3)nc3sc4c(c13)CCC4)O2. The van der Waals surface area contributed by atoms with Crippen molar-refractivity contribution in [2.45, 2.75) is 31.9 Å². The molecule has 1 saturated heterocycles. The maximum Gasteiger partial charge on any atom is 0.161 e. The molecule has 0 saturated carbocycles. The molecule has 2 aromatic heterocycles. The second kappa shape index (κ2) is 8.26. The van der Waals surface area contributed by atoms with Gasteiger partial charge >= 0.3 is 0 Å². The molecule has 8 heteroatoms. The number of para-hydroxylation sites is 2. The van der Waals surface area contributed by atoms with Crippen LogP contribution >= 0.6 is 11.3 Å². The van der Waals surface area contributed by atoms with E-state index in [1.54, 1.807) is 0 Å². The van der Waals surface area contributed by atoms with Crippen molar-refractivity contribution in [1.82, 2.24) is 14.9 Å². The molecule has 1 aromatic carbocycles. The Bertz CT molecular complexity index is 1100. The third kappa shape index (κ3) is 3.84. The van der Waals surface area contributed by atoms with E-state index in [1.807, 2.05) is 35.6 Å². The smallest absolute Gasteiger partial charge is 0.161 e. The summed E-state index contributed by atoms with van der Waals surface area (Å²) in [6, 6.07) is 7.83. The summed E-state index contributed by atoms with van der Waals surface area (Å²) in [5.74, 6) is 3.43. The number of thiophene rings is 1. The van der Waals surface area contributed by atoms with E-state index in [2.05, 4.69) is 10.2 Å². The molecule has 6 rings (SSSR count). The van der Waals surface area contributed by atoms with Crippen molar-refractivity contribution in [2.24, 2.45) is 0 Å². The number of ether oxygens (including phenoxy) is 3. The Morgan fingerprint density at radius 3 is 2.87 bits per heavy atom. The van der Waals surface area contributed by atoms with E-state index in [0.717, 1.165) is 73.7 Å². The number of rotatable bonds is 5. The van der Waals surface area contributed by atoms with Crippen LogP contribution in [0.4, 0.5) is 5.82 Å². The van der Waals surface area contributed by atoms with E-state index in [4.69, 9.17) is 24.2 Å². The maximum atomic E-state index is 6.14. The molecule has 0 bridgehead atoms. The number of nitrogens with one attached hydrogen (secondary N) is 1. The van der Waals surface area contributed by atoms with E-state index in [9.17, 15) is 0 Å². The average Bonchev–Trinajstić information content (AvgIpc) is 3.39. The topological polar surface area (TPSA) is 68.7 Å². The fourth-order valence-corrected chi connectivity index (χ4v) is 5.85. The lowest BCUT2D eigenvalue weighted by Crippen LogP contribution is -2.36. The first kappa shape index (κ1) is 19.3. The molecule has 7 nitrogen and oxygen atoms in total. The highest BCUT2D eigenvalue weighted by Gasteiger charge is 2.25. The normalized spacial score (nSPS) is 20.7. The zero-order valence-electron chi connectivity index (χ0n) is 17.4. The van der Waals surface area contributed by atoms with Crippen LogP contribution in [0.15, 0.2) is 24.3 Å². The van der Waals surface area contributed by atoms with Crippen LogP contribution in [0, 0.1) is 0 Å². The molecule has 162 valence electrons. The minimum atomic E-state index is -0.0608. The number of aryl methyl sites for hydroxylation is 2. The maximum absolute atomic E-state index is 6.14. The third-order valence-electron chi connectivity index (χ3n) is 6.14. The first-order valence-electron chi connectivity index (χ1n) is 11.1. The molecule has 1 N–H and O–H groups in total. The Balaban J connectivity index is 1.25. The van der Waals surface area contributed by atoms with Crippen LogP contribution in [-0.4, -0.2) is 60.4 Å². The lowest BCUT2D eigenvalue weighted by Gasteiger charge is -2.27. The second-order valence-corrected chi connectivity index (χ2v) is 9.38. The molecule has 0 amide bonds. The Kier molecular flexibility index (Phi) is 5.13. The first-order chi connectivity index (χ1) is 15.3. The van der Waals surface area contributed by atoms with Crippen LogP contribution < -0.4 is 14.8 Å². The molecule has 31 heavy (non-hydrogen) atoms. The van der Waals surface area contributed by atoms with Gasteiger partial charge in [0, 0.05) is 18.0 Å². The quantitative estimate of drug-likeness (QED) is 0.656. The van der Waals surface area contributed by atoms with E-state index < -0.39 is 0 Å². The van der Waals surface area contributed by atoms with Gasteiger partial charge in [-0.2, -0.15) is 0 Å². The molecule has 3 aromatic rings. The lowest BCUT2D eigenvalue weighted by atomic mass is 10.2. The van der Waals surface area contributed by atoms with E-state index in [-0.39, 0.29) is 6.10 Å². The zero-order chi connectivity index (χ0) is 20.6. The number of benzene rings is 1. The number of hydrogen-bond donors (Lipinski definition) is 1. The number of anilines is 1. The standard InChI is InChI=1S/C23H26N4O3S/c1-2-6-18-17(5-1)29-14-15(30-18)12-24-22-21-16-4-3-7-19(16)31-23(21)26-20(25-22)13-27-8-10-28-11-9-27/h1-2,5-6,15H,3-4,7-14H2,(H,24,25,26)/t15-/m0/s1. The van der Waals surface area contributed by atoms with E-state index >= 15 is 0 Å². The van der Waals surface area contributed by atoms with Gasteiger partial charge in [0.25, 0.3) is 0 Å². The van der Waals surface area contributed by atoms with Crippen LogP contribution in [-0.2, 0) is 24.1 Å². The van der Waals surface area contributed by atoms with Crippen LogP contribution in [0.1, 0.15) is 22.7 Å². The lowest BCUT2D eigenvalue weighted by molar-refractivity contribution is 0.0331. The first-order valence-corrected chi connectivity index (χ1v) is 11.9. The van der Waals surface area contributed by atoms with Gasteiger partial charge in [-0.1, -0.05) is 12.1 Å². The van der Waals surface area contributed by atoms with Gasteiger partial charge in [0.1, 0.15) is 29.2 Å². The van der Waals surface area contributed by atoms with Gasteiger partial charge in [0.05, 0.1) is 31.7 Å². The van der Waals surface area contributed by atoms with E-state index in [0.29, 0.717) is 13.2 Å². The summed E-state index contributed by atoms with van der Waals surface area (Å²) in [4.78, 5) is 14.9. The minimum absolute atomic E-state index is 0.0608. The van der Waals surface area contributed by atoms with Crippen LogP contribution in [0.2, 0.25) is 0 Å². The minimum Gasteiger partial charge on any atom is -0.486 e. The molecular formula is C23H26N4O3S. The number of hydrogen-bond acceptors (Lipinski definition) is 8. The molecule has 0 spiro atoms. The fourth-order valence-electron chi connectivity index (χ4n) is 4.57. The number of fused-ring (bicyclic) bond motifs is 4. The van der Waals surface area contributed by atoms with Crippen LogP contribution in [0.25, 0.3) is 10.2 Å². The monoisotopic (exact) mass is 438 g/mol. The number of aromatic nitrogens is 2.